The van der Waals surface area contributed by atoms with Gasteiger partial charge in [0.1, 0.15) is 0 Å². The minimum absolute atomic E-state index is 0.324. The maximum absolute atomic E-state index is 4.47. The maximum atomic E-state index is 4.47. The Balaban J connectivity index is 2.05. The molecule has 0 saturated heterocycles. The van der Waals surface area contributed by atoms with Gasteiger partial charge >= 0.3 is 0 Å². The van der Waals surface area contributed by atoms with Crippen LogP contribution in [0.5, 0.6) is 0 Å². The van der Waals surface area contributed by atoms with Gasteiger partial charge in [-0.05, 0) is 34.6 Å². The number of rotatable bonds is 4. The minimum atomic E-state index is 0.324. The molecule has 2 N–H and O–H groups in total. The molecule has 4 nitrogen and oxygen atoms in total. The van der Waals surface area contributed by atoms with E-state index in [0.29, 0.717) is 6.04 Å². The Bertz CT molecular complexity index is 522. The van der Waals surface area contributed by atoms with Crippen LogP contribution in [-0.2, 0) is 6.54 Å². The molecule has 98 valence electrons. The molecule has 0 aromatic carbocycles. The predicted molar refractivity (Wildman–Crippen MR) is 74.9 cm³/mol. The Morgan fingerprint density at radius 2 is 1.94 bits per heavy atom. The number of hydrogen-bond acceptors (Lipinski definition) is 4. The lowest BCUT2D eigenvalue weighted by atomic mass is 10.1. The van der Waals surface area contributed by atoms with Crippen molar-refractivity contribution in [1.82, 2.24) is 20.5 Å². The third kappa shape index (κ3) is 2.62. The molecule has 1 unspecified atom stereocenters. The first-order chi connectivity index (χ1) is 8.49. The fraction of sp³-hybridized carbons (Fsp3) is 0.538. The monoisotopic (exact) mass is 264 g/mol. The van der Waals surface area contributed by atoms with Gasteiger partial charge in [-0.15, -0.1) is 11.3 Å². The SMILES string of the molecule is Cc1nc(C)c(C(C)NCc2c(C)n[nH]c2C)s1. The van der Waals surface area contributed by atoms with Crippen molar-refractivity contribution in [3.8, 4) is 0 Å². The van der Waals surface area contributed by atoms with E-state index >= 15 is 0 Å². The van der Waals surface area contributed by atoms with Crippen LogP contribution in [0.25, 0.3) is 0 Å². The van der Waals surface area contributed by atoms with Crippen LogP contribution in [0.3, 0.4) is 0 Å². The smallest absolute Gasteiger partial charge is 0.0900 e. The number of aryl methyl sites for hydroxylation is 4. The van der Waals surface area contributed by atoms with E-state index in [4.69, 9.17) is 0 Å². The lowest BCUT2D eigenvalue weighted by Gasteiger charge is -2.13. The molecule has 2 aromatic rings. The van der Waals surface area contributed by atoms with Gasteiger partial charge in [-0.1, -0.05) is 0 Å². The molecular formula is C13H20N4S. The molecule has 5 heteroatoms. The lowest BCUT2D eigenvalue weighted by molar-refractivity contribution is 0.577. The Kier molecular flexibility index (Phi) is 3.82. The third-order valence-corrected chi connectivity index (χ3v) is 4.45. The molecule has 2 aromatic heterocycles. The van der Waals surface area contributed by atoms with Crippen molar-refractivity contribution in [2.45, 2.75) is 47.2 Å². The van der Waals surface area contributed by atoms with Crippen LogP contribution >= 0.6 is 11.3 Å². The molecule has 2 rings (SSSR count). The van der Waals surface area contributed by atoms with Crippen LogP contribution in [0.2, 0.25) is 0 Å². The van der Waals surface area contributed by atoms with E-state index in [9.17, 15) is 0 Å². The topological polar surface area (TPSA) is 53.6 Å². The van der Waals surface area contributed by atoms with Crippen LogP contribution in [-0.4, -0.2) is 15.2 Å². The molecule has 1 atom stereocenters. The average molecular weight is 264 g/mol. The number of aromatic nitrogens is 3. The summed E-state index contributed by atoms with van der Waals surface area (Å²) in [6.45, 7) is 11.2. The fourth-order valence-electron chi connectivity index (χ4n) is 2.13. The highest BCUT2D eigenvalue weighted by Gasteiger charge is 2.14. The van der Waals surface area contributed by atoms with Gasteiger partial charge in [0.15, 0.2) is 0 Å². The molecule has 0 aliphatic rings. The highest BCUT2D eigenvalue weighted by Crippen LogP contribution is 2.24. The summed E-state index contributed by atoms with van der Waals surface area (Å²) in [5.74, 6) is 0. The quantitative estimate of drug-likeness (QED) is 0.892. The van der Waals surface area contributed by atoms with E-state index in [-0.39, 0.29) is 0 Å². The molecule has 0 spiro atoms. The summed E-state index contributed by atoms with van der Waals surface area (Å²) in [7, 11) is 0. The number of H-pyrrole nitrogens is 1. The number of nitrogens with one attached hydrogen (secondary N) is 2. The molecule has 0 saturated carbocycles. The second-order valence-electron chi connectivity index (χ2n) is 4.70. The van der Waals surface area contributed by atoms with Gasteiger partial charge in [0.2, 0.25) is 0 Å². The highest BCUT2D eigenvalue weighted by molar-refractivity contribution is 7.11. The lowest BCUT2D eigenvalue weighted by Crippen LogP contribution is -2.18. The van der Waals surface area contributed by atoms with Crippen LogP contribution in [0.1, 0.15) is 45.5 Å². The first-order valence-electron chi connectivity index (χ1n) is 6.16. The predicted octanol–water partition coefficient (Wildman–Crippen LogP) is 2.95. The van der Waals surface area contributed by atoms with Crippen molar-refractivity contribution in [3.63, 3.8) is 0 Å². The van der Waals surface area contributed by atoms with Gasteiger partial charge in [-0.25, -0.2) is 4.98 Å². The van der Waals surface area contributed by atoms with Crippen molar-refractivity contribution < 1.29 is 0 Å². The standard InChI is InChI=1S/C13H20N4S/c1-7-12(8(2)17-16-7)6-14-9(3)13-10(4)15-11(5)18-13/h9,14H,6H2,1-5H3,(H,16,17). The van der Waals surface area contributed by atoms with E-state index < -0.39 is 0 Å². The van der Waals surface area contributed by atoms with E-state index in [1.807, 2.05) is 6.92 Å². The Morgan fingerprint density at radius 1 is 1.22 bits per heavy atom. The molecule has 18 heavy (non-hydrogen) atoms. The molecule has 0 aliphatic heterocycles. The highest BCUT2D eigenvalue weighted by atomic mass is 32.1. The first-order valence-corrected chi connectivity index (χ1v) is 6.98. The van der Waals surface area contributed by atoms with Gasteiger partial charge in [-0.3, -0.25) is 5.10 Å². The molecule has 0 fully saturated rings. The Labute approximate surface area is 112 Å². The summed E-state index contributed by atoms with van der Waals surface area (Å²) >= 11 is 1.77. The van der Waals surface area contributed by atoms with Crippen LogP contribution in [0, 0.1) is 27.7 Å². The van der Waals surface area contributed by atoms with Crippen molar-refractivity contribution in [3.05, 3.63) is 32.5 Å². The van der Waals surface area contributed by atoms with Crippen LogP contribution in [0.4, 0.5) is 0 Å². The zero-order valence-electron chi connectivity index (χ0n) is 11.6. The summed E-state index contributed by atoms with van der Waals surface area (Å²) in [5.41, 5.74) is 4.62. The minimum Gasteiger partial charge on any atom is -0.305 e. The van der Waals surface area contributed by atoms with Gasteiger partial charge in [-0.2, -0.15) is 5.10 Å². The normalized spacial score (nSPS) is 12.9. The summed E-state index contributed by atoms with van der Waals surface area (Å²) in [6, 6.07) is 0.324. The number of thiazole rings is 1. The fourth-order valence-corrected chi connectivity index (χ4v) is 3.09. The molecule has 0 aliphatic carbocycles. The molecule has 2 heterocycles. The van der Waals surface area contributed by atoms with E-state index in [0.717, 1.165) is 28.6 Å². The van der Waals surface area contributed by atoms with Crippen molar-refractivity contribution in [1.29, 1.82) is 0 Å². The summed E-state index contributed by atoms with van der Waals surface area (Å²) in [6.07, 6.45) is 0. The van der Waals surface area contributed by atoms with Gasteiger partial charge in [0, 0.05) is 28.7 Å². The first kappa shape index (κ1) is 13.2. The van der Waals surface area contributed by atoms with E-state index in [2.05, 4.69) is 48.2 Å². The number of aromatic amines is 1. The molecule has 0 amide bonds. The van der Waals surface area contributed by atoms with E-state index in [1.54, 1.807) is 11.3 Å². The molecule has 0 bridgehead atoms. The zero-order chi connectivity index (χ0) is 13.3. The van der Waals surface area contributed by atoms with E-state index in [1.165, 1.54) is 10.4 Å². The largest absolute Gasteiger partial charge is 0.305 e. The Hall–Kier alpha value is -1.20. The van der Waals surface area contributed by atoms with Crippen molar-refractivity contribution in [2.75, 3.05) is 0 Å². The van der Waals surface area contributed by atoms with Crippen molar-refractivity contribution >= 4 is 11.3 Å². The van der Waals surface area contributed by atoms with Crippen molar-refractivity contribution in [2.24, 2.45) is 0 Å². The van der Waals surface area contributed by atoms with Gasteiger partial charge in [0.05, 0.1) is 16.4 Å². The average Bonchev–Trinajstić information content (AvgIpc) is 2.80. The van der Waals surface area contributed by atoms with Crippen LogP contribution in [0.15, 0.2) is 0 Å². The Morgan fingerprint density at radius 3 is 2.44 bits per heavy atom. The summed E-state index contributed by atoms with van der Waals surface area (Å²) < 4.78 is 0. The summed E-state index contributed by atoms with van der Waals surface area (Å²) in [5, 5.41) is 11.9. The molecular weight excluding hydrogens is 244 g/mol. The molecule has 0 radical (unpaired) electrons. The summed E-state index contributed by atoms with van der Waals surface area (Å²) in [4.78, 5) is 5.80. The van der Waals surface area contributed by atoms with Gasteiger partial charge in [0.25, 0.3) is 0 Å². The second-order valence-corrected chi connectivity index (χ2v) is 5.93. The number of hydrogen-bond donors (Lipinski definition) is 2. The van der Waals surface area contributed by atoms with Crippen LogP contribution < -0.4 is 5.32 Å². The maximum Gasteiger partial charge on any atom is 0.0900 e. The second kappa shape index (κ2) is 5.20. The third-order valence-electron chi connectivity index (χ3n) is 3.20. The van der Waals surface area contributed by atoms with Gasteiger partial charge < -0.3 is 5.32 Å². The number of nitrogens with zero attached hydrogens (tertiary/aromatic N) is 2. The zero-order valence-corrected chi connectivity index (χ0v) is 12.4.